The van der Waals surface area contributed by atoms with E-state index in [1.807, 2.05) is 54.6 Å². The highest BCUT2D eigenvalue weighted by Crippen LogP contribution is 2.04. The Bertz CT molecular complexity index is 528. The van der Waals surface area contributed by atoms with Crippen molar-refractivity contribution >= 4 is 11.0 Å². The molecule has 3 heteroatoms. The zero-order valence-corrected chi connectivity index (χ0v) is 10.0. The predicted octanol–water partition coefficient (Wildman–Crippen LogP) is 2.78. The van der Waals surface area contributed by atoms with Crippen LogP contribution in [0.2, 0.25) is 0 Å². The molecule has 0 aliphatic carbocycles. The Balaban J connectivity index is 0.000000138. The molecule has 0 fully saturated rings. The number of hydrogen-bond acceptors (Lipinski definition) is 3. The number of hydrogen-bond donors (Lipinski definition) is 1. The molecule has 90 valence electrons. The minimum atomic E-state index is 0.640. The van der Waals surface area contributed by atoms with Gasteiger partial charge in [0.2, 0.25) is 0 Å². The molecule has 1 aromatic carbocycles. The lowest BCUT2D eigenvalue weighted by Gasteiger charge is -1.90. The van der Waals surface area contributed by atoms with Crippen LogP contribution in [0.5, 0.6) is 0 Å². The zero-order chi connectivity index (χ0) is 12.6. The van der Waals surface area contributed by atoms with E-state index in [0.717, 1.165) is 11.0 Å². The Morgan fingerprint density at radius 2 is 1.39 bits per heavy atom. The number of nitrogens with two attached hydrogens (primary N) is 1. The van der Waals surface area contributed by atoms with Gasteiger partial charge in [0.15, 0.2) is 5.65 Å². The molecule has 3 rings (SSSR count). The van der Waals surface area contributed by atoms with Crippen LogP contribution in [0.3, 0.4) is 0 Å². The van der Waals surface area contributed by atoms with Gasteiger partial charge in [-0.25, -0.2) is 9.97 Å². The lowest BCUT2D eigenvalue weighted by atomic mass is 10.2. The van der Waals surface area contributed by atoms with Gasteiger partial charge in [-0.05, 0) is 29.8 Å². The summed E-state index contributed by atoms with van der Waals surface area (Å²) in [5.74, 6) is 0. The van der Waals surface area contributed by atoms with Crippen molar-refractivity contribution in [2.24, 2.45) is 5.73 Å². The summed E-state index contributed by atoms with van der Waals surface area (Å²) in [4.78, 5) is 8.14. The van der Waals surface area contributed by atoms with Gasteiger partial charge in [-0.1, -0.05) is 30.3 Å². The van der Waals surface area contributed by atoms with Gasteiger partial charge in [0.1, 0.15) is 0 Å². The Morgan fingerprint density at radius 3 is 1.83 bits per heavy atom. The lowest BCUT2D eigenvalue weighted by molar-refractivity contribution is 1.07. The third-order valence-corrected chi connectivity index (χ3v) is 2.45. The second kappa shape index (κ2) is 6.47. The summed E-state index contributed by atoms with van der Waals surface area (Å²) in [6.07, 6.45) is 3.49. The van der Waals surface area contributed by atoms with Crippen LogP contribution in [0, 0.1) is 0 Å². The third-order valence-electron chi connectivity index (χ3n) is 2.45. The highest BCUT2D eigenvalue weighted by atomic mass is 14.8. The van der Waals surface area contributed by atoms with Crippen molar-refractivity contribution < 1.29 is 0 Å². The first-order chi connectivity index (χ1) is 8.90. The van der Waals surface area contributed by atoms with Gasteiger partial charge in [-0.3, -0.25) is 0 Å². The van der Waals surface area contributed by atoms with Crippen molar-refractivity contribution in [3.8, 4) is 0 Å². The molecule has 0 spiro atoms. The van der Waals surface area contributed by atoms with Crippen molar-refractivity contribution in [2.75, 3.05) is 0 Å². The fourth-order valence-corrected chi connectivity index (χ4v) is 1.52. The SMILES string of the molecule is NCc1ccccc1.c1cnc2ncccc2c1. The van der Waals surface area contributed by atoms with Crippen molar-refractivity contribution in [1.82, 2.24) is 9.97 Å². The van der Waals surface area contributed by atoms with Gasteiger partial charge >= 0.3 is 0 Å². The van der Waals surface area contributed by atoms with E-state index in [0.29, 0.717) is 6.54 Å². The molecular weight excluding hydrogens is 222 g/mol. The van der Waals surface area contributed by atoms with Crippen LogP contribution in [0.4, 0.5) is 0 Å². The molecule has 0 amide bonds. The summed E-state index contributed by atoms with van der Waals surface area (Å²) in [6, 6.07) is 17.8. The molecule has 0 aliphatic rings. The molecule has 0 atom stereocenters. The predicted molar refractivity (Wildman–Crippen MR) is 73.9 cm³/mol. The maximum atomic E-state index is 5.35. The fraction of sp³-hybridized carbons (Fsp3) is 0.0667. The van der Waals surface area contributed by atoms with Crippen LogP contribution in [0.25, 0.3) is 11.0 Å². The van der Waals surface area contributed by atoms with Crippen LogP contribution in [0.15, 0.2) is 67.0 Å². The second-order valence-electron chi connectivity index (χ2n) is 3.74. The molecule has 18 heavy (non-hydrogen) atoms. The molecule has 3 nitrogen and oxygen atoms in total. The summed E-state index contributed by atoms with van der Waals surface area (Å²) < 4.78 is 0. The average molecular weight is 237 g/mol. The monoisotopic (exact) mass is 237 g/mol. The summed E-state index contributed by atoms with van der Waals surface area (Å²) in [7, 11) is 0. The largest absolute Gasteiger partial charge is 0.326 e. The van der Waals surface area contributed by atoms with Crippen LogP contribution in [0.1, 0.15) is 5.56 Å². The number of benzene rings is 1. The first-order valence-electron chi connectivity index (χ1n) is 5.80. The van der Waals surface area contributed by atoms with E-state index in [1.54, 1.807) is 12.4 Å². The standard InChI is InChI=1S/C8H6N2.C7H9N/c1-3-7-4-2-6-10-8(7)9-5-1;8-6-7-4-2-1-3-5-7/h1-6H;1-5H,6,8H2. The molecule has 0 unspecified atom stereocenters. The summed E-state index contributed by atoms with van der Waals surface area (Å²) >= 11 is 0. The van der Waals surface area contributed by atoms with Crippen molar-refractivity contribution in [3.05, 3.63) is 72.6 Å². The summed E-state index contributed by atoms with van der Waals surface area (Å²) in [5, 5.41) is 1.09. The molecular formula is C15H15N3. The topological polar surface area (TPSA) is 51.8 Å². The second-order valence-corrected chi connectivity index (χ2v) is 3.74. The minimum Gasteiger partial charge on any atom is -0.326 e. The maximum absolute atomic E-state index is 5.35. The summed E-state index contributed by atoms with van der Waals surface area (Å²) in [6.45, 7) is 0.640. The molecule has 0 saturated heterocycles. The van der Waals surface area contributed by atoms with Gasteiger partial charge in [-0.2, -0.15) is 0 Å². The smallest absolute Gasteiger partial charge is 0.159 e. The number of nitrogens with zero attached hydrogens (tertiary/aromatic N) is 2. The first kappa shape index (κ1) is 12.2. The van der Waals surface area contributed by atoms with E-state index in [9.17, 15) is 0 Å². The number of fused-ring (bicyclic) bond motifs is 1. The zero-order valence-electron chi connectivity index (χ0n) is 10.0. The Hall–Kier alpha value is -2.26. The number of pyridine rings is 2. The van der Waals surface area contributed by atoms with E-state index in [1.165, 1.54) is 5.56 Å². The number of rotatable bonds is 1. The van der Waals surface area contributed by atoms with Crippen molar-refractivity contribution in [3.63, 3.8) is 0 Å². The Morgan fingerprint density at radius 1 is 0.778 bits per heavy atom. The highest BCUT2D eigenvalue weighted by molar-refractivity contribution is 5.73. The molecule has 0 bridgehead atoms. The van der Waals surface area contributed by atoms with Gasteiger partial charge in [0.05, 0.1) is 0 Å². The minimum absolute atomic E-state index is 0.640. The van der Waals surface area contributed by atoms with Gasteiger partial charge in [-0.15, -0.1) is 0 Å². The normalized spacial score (nSPS) is 9.61. The van der Waals surface area contributed by atoms with Gasteiger partial charge < -0.3 is 5.73 Å². The number of aromatic nitrogens is 2. The maximum Gasteiger partial charge on any atom is 0.159 e. The van der Waals surface area contributed by atoms with Gasteiger partial charge in [0.25, 0.3) is 0 Å². The van der Waals surface area contributed by atoms with E-state index in [-0.39, 0.29) is 0 Å². The molecule has 2 heterocycles. The van der Waals surface area contributed by atoms with Crippen LogP contribution in [-0.4, -0.2) is 9.97 Å². The molecule has 2 N–H and O–H groups in total. The van der Waals surface area contributed by atoms with E-state index >= 15 is 0 Å². The van der Waals surface area contributed by atoms with Crippen LogP contribution < -0.4 is 5.73 Å². The Kier molecular flexibility index (Phi) is 4.39. The molecule has 3 aromatic rings. The van der Waals surface area contributed by atoms with E-state index in [4.69, 9.17) is 5.73 Å². The third kappa shape index (κ3) is 3.37. The molecule has 0 aliphatic heterocycles. The lowest BCUT2D eigenvalue weighted by Crippen LogP contribution is -1.94. The van der Waals surface area contributed by atoms with E-state index in [2.05, 4.69) is 9.97 Å². The first-order valence-corrected chi connectivity index (χ1v) is 5.80. The summed E-state index contributed by atoms with van der Waals surface area (Å²) in [5.41, 5.74) is 7.35. The average Bonchev–Trinajstić information content (AvgIpc) is 2.49. The molecule has 2 aromatic heterocycles. The Labute approximate surface area is 106 Å². The fourth-order valence-electron chi connectivity index (χ4n) is 1.52. The van der Waals surface area contributed by atoms with Crippen molar-refractivity contribution in [2.45, 2.75) is 6.54 Å². The molecule has 0 saturated carbocycles. The molecule has 0 radical (unpaired) electrons. The highest BCUT2D eigenvalue weighted by Gasteiger charge is 1.88. The van der Waals surface area contributed by atoms with Crippen LogP contribution >= 0.6 is 0 Å². The van der Waals surface area contributed by atoms with Crippen LogP contribution in [-0.2, 0) is 6.54 Å². The quantitative estimate of drug-likeness (QED) is 0.708. The van der Waals surface area contributed by atoms with Gasteiger partial charge in [0, 0.05) is 24.3 Å². The van der Waals surface area contributed by atoms with Crippen molar-refractivity contribution in [1.29, 1.82) is 0 Å². The van der Waals surface area contributed by atoms with E-state index < -0.39 is 0 Å².